The number of nitrogens with one attached hydrogen (secondary N) is 1. The van der Waals surface area contributed by atoms with Crippen LogP contribution in [0.4, 0.5) is 5.69 Å². The summed E-state index contributed by atoms with van der Waals surface area (Å²) in [6, 6.07) is 20.8. The van der Waals surface area contributed by atoms with Crippen LogP contribution in [0.2, 0.25) is 0 Å². The normalized spacial score (nSPS) is 12.0. The van der Waals surface area contributed by atoms with E-state index in [-0.39, 0.29) is 11.3 Å². The van der Waals surface area contributed by atoms with Gasteiger partial charge in [0.1, 0.15) is 17.4 Å². The topological polar surface area (TPSA) is 90.9 Å². The Balaban J connectivity index is 1.49. The lowest BCUT2D eigenvalue weighted by atomic mass is 9.88. The van der Waals surface area contributed by atoms with Gasteiger partial charge in [-0.1, -0.05) is 48.5 Å². The van der Waals surface area contributed by atoms with Crippen molar-refractivity contribution in [1.82, 2.24) is 0 Å². The Morgan fingerprint density at radius 1 is 0.871 bits per heavy atom. The van der Waals surface area contributed by atoms with Gasteiger partial charge in [-0.05, 0) is 24.3 Å². The fourth-order valence-electron chi connectivity index (χ4n) is 3.45. The highest BCUT2D eigenvalue weighted by Gasteiger charge is 2.33. The van der Waals surface area contributed by atoms with Crippen molar-refractivity contribution in [3.8, 4) is 11.5 Å². The number of methoxy groups -OCH3 is 1. The minimum absolute atomic E-state index is 0.206. The van der Waals surface area contributed by atoms with E-state index in [1.54, 1.807) is 42.5 Å². The molecule has 0 aliphatic carbocycles. The van der Waals surface area contributed by atoms with Crippen molar-refractivity contribution in [3.05, 3.63) is 89.5 Å². The Bertz CT molecular complexity index is 1110. The van der Waals surface area contributed by atoms with E-state index in [0.29, 0.717) is 22.6 Å². The van der Waals surface area contributed by atoms with Gasteiger partial charge >= 0.3 is 11.9 Å². The molecule has 156 valence electrons. The van der Waals surface area contributed by atoms with Crippen LogP contribution in [0.1, 0.15) is 27.4 Å². The van der Waals surface area contributed by atoms with Crippen molar-refractivity contribution < 1.29 is 28.6 Å². The lowest BCUT2D eigenvalue weighted by molar-refractivity contribution is -0.148. The summed E-state index contributed by atoms with van der Waals surface area (Å²) in [5.41, 5.74) is 1.82. The van der Waals surface area contributed by atoms with Crippen LogP contribution in [-0.4, -0.2) is 31.6 Å². The largest absolute Gasteiger partial charge is 0.465 e. The monoisotopic (exact) mass is 417 g/mol. The number of esters is 2. The number of para-hydroxylation sites is 3. The number of hydrogen-bond acceptors (Lipinski definition) is 6. The first-order chi connectivity index (χ1) is 15.1. The van der Waals surface area contributed by atoms with Gasteiger partial charge in [0.15, 0.2) is 6.61 Å². The standard InChI is InChI=1S/C24H19NO6/c1-29-23(27)15-8-2-5-11-18(15)25-21(26)14-30-24(28)22-16-9-3-6-12-19(16)31-20-13-7-4-10-17(20)22/h2-13,22H,14H2,1H3,(H,25,26). The van der Waals surface area contributed by atoms with Gasteiger partial charge in [0.25, 0.3) is 5.91 Å². The Hall–Kier alpha value is -4.13. The van der Waals surface area contributed by atoms with Crippen LogP contribution in [0, 0.1) is 0 Å². The molecule has 1 heterocycles. The Kier molecular flexibility index (Phi) is 5.66. The molecule has 31 heavy (non-hydrogen) atoms. The van der Waals surface area contributed by atoms with Crippen molar-refractivity contribution >= 4 is 23.5 Å². The Morgan fingerprint density at radius 3 is 2.10 bits per heavy atom. The third-order valence-corrected chi connectivity index (χ3v) is 4.87. The summed E-state index contributed by atoms with van der Waals surface area (Å²) >= 11 is 0. The van der Waals surface area contributed by atoms with E-state index in [0.717, 1.165) is 0 Å². The highest BCUT2D eigenvalue weighted by atomic mass is 16.5. The van der Waals surface area contributed by atoms with Crippen molar-refractivity contribution in [2.75, 3.05) is 19.0 Å². The first kappa shape index (κ1) is 20.2. The highest BCUT2D eigenvalue weighted by Crippen LogP contribution is 2.44. The van der Waals surface area contributed by atoms with Gasteiger partial charge in [0, 0.05) is 11.1 Å². The number of benzene rings is 3. The molecule has 0 saturated carbocycles. The van der Waals surface area contributed by atoms with Gasteiger partial charge in [-0.25, -0.2) is 4.79 Å². The zero-order valence-electron chi connectivity index (χ0n) is 16.7. The Labute approximate surface area is 178 Å². The molecule has 7 heteroatoms. The van der Waals surface area contributed by atoms with Crippen molar-refractivity contribution in [1.29, 1.82) is 0 Å². The molecule has 1 amide bonds. The smallest absolute Gasteiger partial charge is 0.339 e. The molecular formula is C24H19NO6. The molecule has 1 N–H and O–H groups in total. The SMILES string of the molecule is COC(=O)c1ccccc1NC(=O)COC(=O)C1c2ccccc2Oc2ccccc21. The number of fused-ring (bicyclic) bond motifs is 2. The van der Waals surface area contributed by atoms with E-state index >= 15 is 0 Å². The number of carbonyl (C=O) groups is 3. The minimum atomic E-state index is -0.712. The number of ether oxygens (including phenoxy) is 3. The van der Waals surface area contributed by atoms with Gasteiger partial charge in [-0.2, -0.15) is 0 Å². The summed E-state index contributed by atoms with van der Waals surface area (Å²) in [4.78, 5) is 37.2. The van der Waals surface area contributed by atoms with E-state index in [1.165, 1.54) is 13.2 Å². The fourth-order valence-corrected chi connectivity index (χ4v) is 3.45. The average Bonchev–Trinajstić information content (AvgIpc) is 2.80. The van der Waals surface area contributed by atoms with Gasteiger partial charge in [-0.3, -0.25) is 9.59 Å². The van der Waals surface area contributed by atoms with Crippen LogP contribution in [0.15, 0.2) is 72.8 Å². The first-order valence-electron chi connectivity index (χ1n) is 9.58. The molecule has 3 aromatic rings. The highest BCUT2D eigenvalue weighted by molar-refractivity contribution is 6.02. The van der Waals surface area contributed by atoms with Gasteiger partial charge < -0.3 is 19.5 Å². The van der Waals surface area contributed by atoms with Crippen molar-refractivity contribution in [2.24, 2.45) is 0 Å². The third-order valence-electron chi connectivity index (χ3n) is 4.87. The summed E-state index contributed by atoms with van der Waals surface area (Å²) in [5, 5.41) is 2.58. The molecule has 0 saturated heterocycles. The minimum Gasteiger partial charge on any atom is -0.465 e. The first-order valence-corrected chi connectivity index (χ1v) is 9.58. The van der Waals surface area contributed by atoms with Crippen LogP contribution >= 0.6 is 0 Å². The van der Waals surface area contributed by atoms with Crippen LogP contribution in [0.5, 0.6) is 11.5 Å². The van der Waals surface area contributed by atoms with E-state index in [1.807, 2.05) is 24.3 Å². The molecule has 1 aliphatic rings. The second-order valence-corrected chi connectivity index (χ2v) is 6.80. The van der Waals surface area contributed by atoms with E-state index in [9.17, 15) is 14.4 Å². The number of carbonyl (C=O) groups excluding carboxylic acids is 3. The van der Waals surface area contributed by atoms with Gasteiger partial charge in [0.05, 0.1) is 18.4 Å². The maximum atomic E-state index is 13.0. The summed E-state index contributed by atoms with van der Waals surface area (Å²) in [6.07, 6.45) is 0. The summed E-state index contributed by atoms with van der Waals surface area (Å²) in [6.45, 7) is -0.504. The molecular weight excluding hydrogens is 398 g/mol. The average molecular weight is 417 g/mol. The van der Waals surface area contributed by atoms with Gasteiger partial charge in [-0.15, -0.1) is 0 Å². The van der Waals surface area contributed by atoms with Crippen LogP contribution < -0.4 is 10.1 Å². The summed E-state index contributed by atoms with van der Waals surface area (Å²) in [5.74, 6) is -1.29. The fraction of sp³-hybridized carbons (Fsp3) is 0.125. The van der Waals surface area contributed by atoms with E-state index < -0.39 is 30.4 Å². The zero-order valence-corrected chi connectivity index (χ0v) is 16.7. The molecule has 0 atom stereocenters. The molecule has 7 nitrogen and oxygen atoms in total. The molecule has 4 rings (SSSR count). The third kappa shape index (κ3) is 4.11. The lowest BCUT2D eigenvalue weighted by Gasteiger charge is -2.26. The maximum Gasteiger partial charge on any atom is 0.339 e. The van der Waals surface area contributed by atoms with E-state index in [2.05, 4.69) is 5.32 Å². The molecule has 0 unspecified atom stereocenters. The van der Waals surface area contributed by atoms with Gasteiger partial charge in [0.2, 0.25) is 0 Å². The van der Waals surface area contributed by atoms with Crippen molar-refractivity contribution in [2.45, 2.75) is 5.92 Å². The van der Waals surface area contributed by atoms with E-state index in [4.69, 9.17) is 14.2 Å². The maximum absolute atomic E-state index is 13.0. The quantitative estimate of drug-likeness (QED) is 0.634. The lowest BCUT2D eigenvalue weighted by Crippen LogP contribution is -2.26. The molecule has 0 radical (unpaired) electrons. The number of hydrogen-bond donors (Lipinski definition) is 1. The second kappa shape index (κ2) is 8.71. The molecule has 0 aromatic heterocycles. The predicted molar refractivity (Wildman–Crippen MR) is 112 cm³/mol. The molecule has 3 aromatic carbocycles. The summed E-state index contributed by atoms with van der Waals surface area (Å²) < 4.78 is 15.9. The van der Waals surface area contributed by atoms with Crippen LogP contribution in [-0.2, 0) is 19.1 Å². The number of rotatable bonds is 5. The second-order valence-electron chi connectivity index (χ2n) is 6.80. The molecule has 0 fully saturated rings. The van der Waals surface area contributed by atoms with Crippen LogP contribution in [0.25, 0.3) is 0 Å². The molecule has 0 bridgehead atoms. The molecule has 0 spiro atoms. The number of anilines is 1. The molecule has 1 aliphatic heterocycles. The Morgan fingerprint density at radius 2 is 1.45 bits per heavy atom. The predicted octanol–water partition coefficient (Wildman–Crippen LogP) is 3.89. The zero-order chi connectivity index (χ0) is 21.8. The summed E-state index contributed by atoms with van der Waals surface area (Å²) in [7, 11) is 1.26. The number of amides is 1. The van der Waals surface area contributed by atoms with Crippen molar-refractivity contribution in [3.63, 3.8) is 0 Å². The van der Waals surface area contributed by atoms with Crippen LogP contribution in [0.3, 0.4) is 0 Å².